The summed E-state index contributed by atoms with van der Waals surface area (Å²) in [4.78, 5) is 0. The second-order valence-electron chi connectivity index (χ2n) is 5.31. The number of nitrogens with one attached hydrogen (secondary N) is 1. The van der Waals surface area contributed by atoms with Crippen molar-refractivity contribution in [3.63, 3.8) is 0 Å². The Morgan fingerprint density at radius 2 is 1.67 bits per heavy atom. The van der Waals surface area contributed by atoms with E-state index in [9.17, 15) is 0 Å². The molecule has 3 heteroatoms. The third-order valence-electron chi connectivity index (χ3n) is 3.72. The van der Waals surface area contributed by atoms with Gasteiger partial charge in [-0.15, -0.1) is 0 Å². The molecule has 3 rings (SSSR count). The maximum absolute atomic E-state index is 6.04. The van der Waals surface area contributed by atoms with Crippen LogP contribution in [0.1, 0.15) is 16.8 Å². The Morgan fingerprint density at radius 1 is 0.952 bits per heavy atom. The number of nitrogens with zero attached hydrogens (tertiary/aromatic N) is 1. The predicted octanol–water partition coefficient (Wildman–Crippen LogP) is 3.75. The number of H-pyrrole nitrogens is 1. The number of nitrogen functional groups attached to an aromatic ring is 1. The van der Waals surface area contributed by atoms with Gasteiger partial charge in [0.1, 0.15) is 0 Å². The van der Waals surface area contributed by atoms with E-state index in [-0.39, 0.29) is 0 Å². The van der Waals surface area contributed by atoms with Crippen LogP contribution in [0.4, 0.5) is 5.82 Å². The van der Waals surface area contributed by atoms with Crippen LogP contribution >= 0.6 is 0 Å². The highest BCUT2D eigenvalue weighted by Gasteiger charge is 2.12. The second kappa shape index (κ2) is 5.83. The Balaban J connectivity index is 1.85. The number of hydrogen-bond donors (Lipinski definition) is 2. The van der Waals surface area contributed by atoms with Crippen LogP contribution in [0.3, 0.4) is 0 Å². The van der Waals surface area contributed by atoms with Crippen molar-refractivity contribution in [2.45, 2.75) is 19.8 Å². The summed E-state index contributed by atoms with van der Waals surface area (Å²) in [5.41, 5.74) is 11.9. The van der Waals surface area contributed by atoms with E-state index in [4.69, 9.17) is 5.73 Å². The predicted molar refractivity (Wildman–Crippen MR) is 87.0 cm³/mol. The number of hydrogen-bond acceptors (Lipinski definition) is 2. The maximum atomic E-state index is 6.04. The monoisotopic (exact) mass is 277 g/mol. The molecule has 0 fully saturated rings. The third kappa shape index (κ3) is 2.97. The molecule has 1 heterocycles. The lowest BCUT2D eigenvalue weighted by atomic mass is 10.00. The lowest BCUT2D eigenvalue weighted by molar-refractivity contribution is 0.895. The van der Waals surface area contributed by atoms with Crippen LogP contribution in [0, 0.1) is 6.92 Å². The fourth-order valence-corrected chi connectivity index (χ4v) is 2.53. The van der Waals surface area contributed by atoms with Gasteiger partial charge in [-0.3, -0.25) is 5.10 Å². The highest BCUT2D eigenvalue weighted by Crippen LogP contribution is 2.28. The minimum Gasteiger partial charge on any atom is -0.382 e. The molecule has 3 N–H and O–H groups in total. The summed E-state index contributed by atoms with van der Waals surface area (Å²) in [5.74, 6) is 0.571. The summed E-state index contributed by atoms with van der Waals surface area (Å²) in [5, 5.41) is 7.26. The number of nitrogens with two attached hydrogens (primary N) is 1. The zero-order valence-electron chi connectivity index (χ0n) is 12.1. The molecule has 0 unspecified atom stereocenters. The van der Waals surface area contributed by atoms with Gasteiger partial charge in [-0.2, -0.15) is 5.10 Å². The van der Waals surface area contributed by atoms with Crippen LogP contribution < -0.4 is 5.73 Å². The lowest BCUT2D eigenvalue weighted by Crippen LogP contribution is -1.95. The van der Waals surface area contributed by atoms with Crippen molar-refractivity contribution >= 4 is 5.82 Å². The summed E-state index contributed by atoms with van der Waals surface area (Å²) >= 11 is 0. The van der Waals surface area contributed by atoms with E-state index in [1.165, 1.54) is 11.1 Å². The van der Waals surface area contributed by atoms with Crippen LogP contribution in [0.5, 0.6) is 0 Å². The van der Waals surface area contributed by atoms with Gasteiger partial charge >= 0.3 is 0 Å². The molecule has 0 aliphatic heterocycles. The molecular formula is C18H19N3. The fraction of sp³-hybridized carbons (Fsp3) is 0.167. The molecule has 2 aromatic carbocycles. The van der Waals surface area contributed by atoms with Gasteiger partial charge in [-0.25, -0.2) is 0 Å². The Hall–Kier alpha value is -2.55. The summed E-state index contributed by atoms with van der Waals surface area (Å²) in [7, 11) is 0. The van der Waals surface area contributed by atoms with E-state index >= 15 is 0 Å². The minimum atomic E-state index is 0.571. The van der Waals surface area contributed by atoms with Crippen LogP contribution in [0.15, 0.2) is 54.6 Å². The van der Waals surface area contributed by atoms with E-state index in [1.54, 1.807) is 0 Å². The Kier molecular flexibility index (Phi) is 3.73. The zero-order valence-corrected chi connectivity index (χ0v) is 12.1. The smallest absolute Gasteiger partial charge is 0.153 e. The molecule has 0 spiro atoms. The Bertz CT molecular complexity index is 712. The van der Waals surface area contributed by atoms with Gasteiger partial charge < -0.3 is 5.73 Å². The van der Waals surface area contributed by atoms with Gasteiger partial charge in [0.25, 0.3) is 0 Å². The van der Waals surface area contributed by atoms with E-state index in [0.29, 0.717) is 5.82 Å². The van der Waals surface area contributed by atoms with Crippen molar-refractivity contribution in [3.05, 3.63) is 71.4 Å². The van der Waals surface area contributed by atoms with Crippen molar-refractivity contribution < 1.29 is 0 Å². The summed E-state index contributed by atoms with van der Waals surface area (Å²) in [6.45, 7) is 2.08. The van der Waals surface area contributed by atoms with E-state index in [2.05, 4.69) is 65.7 Å². The quantitative estimate of drug-likeness (QED) is 0.763. The van der Waals surface area contributed by atoms with Gasteiger partial charge in [0.05, 0.1) is 0 Å². The minimum absolute atomic E-state index is 0.571. The molecule has 0 atom stereocenters. The molecule has 0 aliphatic rings. The average molecular weight is 277 g/mol. The average Bonchev–Trinajstić information content (AvgIpc) is 2.88. The van der Waals surface area contributed by atoms with Gasteiger partial charge in [0.15, 0.2) is 5.82 Å². The topological polar surface area (TPSA) is 54.7 Å². The number of aromatic amines is 1. The highest BCUT2D eigenvalue weighted by molar-refractivity contribution is 5.76. The van der Waals surface area contributed by atoms with Crippen LogP contribution in [0.25, 0.3) is 11.1 Å². The summed E-state index contributed by atoms with van der Waals surface area (Å²) < 4.78 is 0. The SMILES string of the molecule is Cc1ccc(-c2c(N)n[nH]c2CCc2ccccc2)cc1. The lowest BCUT2D eigenvalue weighted by Gasteiger charge is -2.05. The second-order valence-corrected chi connectivity index (χ2v) is 5.31. The molecule has 106 valence electrons. The molecule has 0 radical (unpaired) electrons. The van der Waals surface area contributed by atoms with Gasteiger partial charge in [-0.05, 0) is 30.9 Å². The molecule has 3 aromatic rings. The Morgan fingerprint density at radius 3 is 2.38 bits per heavy atom. The standard InChI is InChI=1S/C18H19N3/c1-13-7-10-15(11-8-13)17-16(20-21-18(17)19)12-9-14-5-3-2-4-6-14/h2-8,10-11H,9,12H2,1H3,(H3,19,20,21). The van der Waals surface area contributed by atoms with Crippen LogP contribution in [-0.2, 0) is 12.8 Å². The molecule has 0 aliphatic carbocycles. The molecule has 0 bridgehead atoms. The zero-order chi connectivity index (χ0) is 14.7. The molecule has 0 amide bonds. The molecular weight excluding hydrogens is 258 g/mol. The summed E-state index contributed by atoms with van der Waals surface area (Å²) in [6, 6.07) is 18.9. The van der Waals surface area contributed by atoms with Crippen LogP contribution in [0.2, 0.25) is 0 Å². The largest absolute Gasteiger partial charge is 0.382 e. The number of benzene rings is 2. The number of rotatable bonds is 4. The normalized spacial score (nSPS) is 10.7. The van der Waals surface area contributed by atoms with Crippen molar-refractivity contribution in [1.29, 1.82) is 0 Å². The molecule has 3 nitrogen and oxygen atoms in total. The van der Waals surface area contributed by atoms with Gasteiger partial charge in [0, 0.05) is 11.3 Å². The van der Waals surface area contributed by atoms with Crippen molar-refractivity contribution in [3.8, 4) is 11.1 Å². The van der Waals surface area contributed by atoms with E-state index in [1.807, 2.05) is 6.07 Å². The number of anilines is 1. The maximum Gasteiger partial charge on any atom is 0.153 e. The first-order valence-electron chi connectivity index (χ1n) is 7.18. The first-order valence-corrected chi connectivity index (χ1v) is 7.18. The van der Waals surface area contributed by atoms with Gasteiger partial charge in [0.2, 0.25) is 0 Å². The molecule has 21 heavy (non-hydrogen) atoms. The number of aryl methyl sites for hydroxylation is 3. The fourth-order valence-electron chi connectivity index (χ4n) is 2.53. The first kappa shape index (κ1) is 13.4. The molecule has 0 saturated heterocycles. The number of aromatic nitrogens is 2. The first-order chi connectivity index (χ1) is 10.2. The van der Waals surface area contributed by atoms with Crippen molar-refractivity contribution in [1.82, 2.24) is 10.2 Å². The highest BCUT2D eigenvalue weighted by atomic mass is 15.2. The van der Waals surface area contributed by atoms with Crippen molar-refractivity contribution in [2.75, 3.05) is 5.73 Å². The Labute approximate surface area is 124 Å². The van der Waals surface area contributed by atoms with Crippen LogP contribution in [-0.4, -0.2) is 10.2 Å². The van der Waals surface area contributed by atoms with E-state index < -0.39 is 0 Å². The molecule has 1 aromatic heterocycles. The van der Waals surface area contributed by atoms with E-state index in [0.717, 1.165) is 29.7 Å². The third-order valence-corrected chi connectivity index (χ3v) is 3.72. The summed E-state index contributed by atoms with van der Waals surface area (Å²) in [6.07, 6.45) is 1.87. The van der Waals surface area contributed by atoms with Gasteiger partial charge in [-0.1, -0.05) is 60.2 Å². The van der Waals surface area contributed by atoms with Crippen molar-refractivity contribution in [2.24, 2.45) is 0 Å². The molecule has 0 saturated carbocycles.